The van der Waals surface area contributed by atoms with Crippen LogP contribution in [0.5, 0.6) is 5.75 Å². The van der Waals surface area contributed by atoms with Gasteiger partial charge < -0.3 is 10.1 Å². The first-order valence-electron chi connectivity index (χ1n) is 8.72. The molecular formula is C21H21N3O2S2. The minimum atomic E-state index is -0.0437. The molecule has 0 aliphatic carbocycles. The van der Waals surface area contributed by atoms with E-state index in [1.165, 1.54) is 17.3 Å². The van der Waals surface area contributed by atoms with Crippen molar-refractivity contribution < 1.29 is 9.53 Å². The van der Waals surface area contributed by atoms with Gasteiger partial charge in [0.2, 0.25) is 5.91 Å². The Balaban J connectivity index is 1.53. The standard InChI is InChI=1S/C21H21N3O2S2/c1-15-3-9-18(10-4-15)28-21-20(22-11-12-23-21)27-14-19(25)24-13-16-5-7-17(26-2)8-6-16/h3-12H,13-14H2,1-2H3,(H,24,25). The summed E-state index contributed by atoms with van der Waals surface area (Å²) < 4.78 is 5.14. The second-order valence-corrected chi connectivity index (χ2v) is 8.02. The molecule has 1 aromatic heterocycles. The predicted octanol–water partition coefficient (Wildman–Crippen LogP) is 4.35. The fourth-order valence-electron chi connectivity index (χ4n) is 2.33. The molecule has 0 aliphatic rings. The average Bonchev–Trinajstić information content (AvgIpc) is 2.73. The third-order valence-corrected chi connectivity index (χ3v) is 5.97. The van der Waals surface area contributed by atoms with Crippen LogP contribution in [0, 0.1) is 6.92 Å². The second kappa shape index (κ2) is 10.1. The van der Waals surface area contributed by atoms with Crippen molar-refractivity contribution in [3.8, 4) is 5.75 Å². The van der Waals surface area contributed by atoms with E-state index in [9.17, 15) is 4.79 Å². The van der Waals surface area contributed by atoms with Gasteiger partial charge in [-0.15, -0.1) is 0 Å². The Bertz CT molecular complexity index is 916. The summed E-state index contributed by atoms with van der Waals surface area (Å²) >= 11 is 2.94. The Morgan fingerprint density at radius 3 is 2.36 bits per heavy atom. The van der Waals surface area contributed by atoms with Gasteiger partial charge in [-0.05, 0) is 36.8 Å². The number of carbonyl (C=O) groups excluding carboxylic acids is 1. The highest BCUT2D eigenvalue weighted by atomic mass is 32.2. The molecule has 1 heterocycles. The van der Waals surface area contributed by atoms with E-state index in [2.05, 4.69) is 46.5 Å². The summed E-state index contributed by atoms with van der Waals surface area (Å²) in [5, 5.41) is 4.49. The number of ether oxygens (including phenoxy) is 1. The second-order valence-electron chi connectivity index (χ2n) is 6.00. The quantitative estimate of drug-likeness (QED) is 0.556. The molecule has 5 nitrogen and oxygen atoms in total. The highest BCUT2D eigenvalue weighted by Gasteiger charge is 2.11. The van der Waals surface area contributed by atoms with Crippen LogP contribution in [0.1, 0.15) is 11.1 Å². The minimum Gasteiger partial charge on any atom is -0.497 e. The fraction of sp³-hybridized carbons (Fsp3) is 0.190. The van der Waals surface area contributed by atoms with Crippen molar-refractivity contribution in [3.05, 3.63) is 72.1 Å². The van der Waals surface area contributed by atoms with Crippen LogP contribution in [0.3, 0.4) is 0 Å². The zero-order valence-corrected chi connectivity index (χ0v) is 17.3. The first-order valence-corrected chi connectivity index (χ1v) is 10.5. The maximum Gasteiger partial charge on any atom is 0.230 e. The van der Waals surface area contributed by atoms with Gasteiger partial charge in [-0.2, -0.15) is 0 Å². The van der Waals surface area contributed by atoms with Gasteiger partial charge in [-0.25, -0.2) is 9.97 Å². The number of hydrogen-bond donors (Lipinski definition) is 1. The molecule has 0 aliphatic heterocycles. The van der Waals surface area contributed by atoms with Crippen LogP contribution in [0.15, 0.2) is 75.9 Å². The summed E-state index contributed by atoms with van der Waals surface area (Å²) in [6, 6.07) is 15.9. The number of nitrogens with one attached hydrogen (secondary N) is 1. The van der Waals surface area contributed by atoms with Crippen molar-refractivity contribution in [2.45, 2.75) is 28.4 Å². The summed E-state index contributed by atoms with van der Waals surface area (Å²) in [7, 11) is 1.63. The van der Waals surface area contributed by atoms with E-state index >= 15 is 0 Å². The Morgan fingerprint density at radius 1 is 1.00 bits per heavy atom. The minimum absolute atomic E-state index is 0.0437. The molecule has 0 spiro atoms. The van der Waals surface area contributed by atoms with Crippen molar-refractivity contribution in [2.24, 2.45) is 0 Å². The summed E-state index contributed by atoms with van der Waals surface area (Å²) in [5.74, 6) is 1.04. The zero-order valence-electron chi connectivity index (χ0n) is 15.7. The fourth-order valence-corrected chi connectivity index (χ4v) is 4.06. The van der Waals surface area contributed by atoms with E-state index in [1.807, 2.05) is 24.3 Å². The van der Waals surface area contributed by atoms with E-state index < -0.39 is 0 Å². The van der Waals surface area contributed by atoms with Crippen molar-refractivity contribution in [3.63, 3.8) is 0 Å². The zero-order chi connectivity index (χ0) is 19.8. The lowest BCUT2D eigenvalue weighted by molar-refractivity contribution is -0.118. The van der Waals surface area contributed by atoms with E-state index in [1.54, 1.807) is 31.3 Å². The smallest absolute Gasteiger partial charge is 0.230 e. The molecule has 0 bridgehead atoms. The molecule has 3 rings (SSSR count). The lowest BCUT2D eigenvalue weighted by atomic mass is 10.2. The summed E-state index contributed by atoms with van der Waals surface area (Å²) in [6.07, 6.45) is 3.32. The van der Waals surface area contributed by atoms with Crippen LogP contribution < -0.4 is 10.1 Å². The van der Waals surface area contributed by atoms with E-state index in [-0.39, 0.29) is 11.7 Å². The van der Waals surface area contributed by atoms with Gasteiger partial charge in [0.05, 0.1) is 12.9 Å². The molecule has 0 atom stereocenters. The van der Waals surface area contributed by atoms with Crippen molar-refractivity contribution >= 4 is 29.4 Å². The van der Waals surface area contributed by atoms with Crippen LogP contribution in [0.25, 0.3) is 0 Å². The molecule has 0 saturated carbocycles. The van der Waals surface area contributed by atoms with E-state index in [0.717, 1.165) is 26.3 Å². The third kappa shape index (κ3) is 6.00. The monoisotopic (exact) mass is 411 g/mol. The van der Waals surface area contributed by atoms with E-state index in [0.29, 0.717) is 6.54 Å². The summed E-state index contributed by atoms with van der Waals surface area (Å²) in [4.78, 5) is 22.1. The number of thioether (sulfide) groups is 1. The first kappa shape index (κ1) is 20.2. The maximum atomic E-state index is 12.2. The molecule has 0 unspecified atom stereocenters. The molecule has 0 fully saturated rings. The average molecular weight is 412 g/mol. The van der Waals surface area contributed by atoms with Crippen LogP contribution >= 0.6 is 23.5 Å². The molecule has 2 aromatic carbocycles. The number of rotatable bonds is 8. The van der Waals surface area contributed by atoms with Crippen molar-refractivity contribution in [1.82, 2.24) is 15.3 Å². The topological polar surface area (TPSA) is 64.1 Å². The first-order chi connectivity index (χ1) is 13.6. The lowest BCUT2D eigenvalue weighted by Crippen LogP contribution is -2.24. The molecule has 1 amide bonds. The van der Waals surface area contributed by atoms with Gasteiger partial charge in [0, 0.05) is 23.8 Å². The number of hydrogen-bond acceptors (Lipinski definition) is 6. The van der Waals surface area contributed by atoms with Crippen molar-refractivity contribution in [1.29, 1.82) is 0 Å². The summed E-state index contributed by atoms with van der Waals surface area (Å²) in [6.45, 7) is 2.54. The third-order valence-electron chi connectivity index (χ3n) is 3.86. The molecule has 7 heteroatoms. The number of aryl methyl sites for hydroxylation is 1. The lowest BCUT2D eigenvalue weighted by Gasteiger charge is -2.08. The van der Waals surface area contributed by atoms with E-state index in [4.69, 9.17) is 4.74 Å². The molecule has 0 radical (unpaired) electrons. The highest BCUT2D eigenvalue weighted by Crippen LogP contribution is 2.32. The van der Waals surface area contributed by atoms with Crippen LogP contribution in [-0.2, 0) is 11.3 Å². The SMILES string of the molecule is COc1ccc(CNC(=O)CSc2nccnc2Sc2ccc(C)cc2)cc1. The van der Waals surface area contributed by atoms with Gasteiger partial charge in [-0.3, -0.25) is 4.79 Å². The highest BCUT2D eigenvalue weighted by molar-refractivity contribution is 8.02. The largest absolute Gasteiger partial charge is 0.497 e. The molecule has 1 N–H and O–H groups in total. The van der Waals surface area contributed by atoms with Crippen molar-refractivity contribution in [2.75, 3.05) is 12.9 Å². The van der Waals surface area contributed by atoms with Gasteiger partial charge in [0.15, 0.2) is 0 Å². The van der Waals surface area contributed by atoms with Gasteiger partial charge in [-0.1, -0.05) is 53.4 Å². The number of benzene rings is 2. The number of amides is 1. The Hall–Kier alpha value is -2.51. The van der Waals surface area contributed by atoms with Crippen LogP contribution in [0.4, 0.5) is 0 Å². The number of methoxy groups -OCH3 is 1. The summed E-state index contributed by atoms with van der Waals surface area (Å²) in [5.41, 5.74) is 2.24. The number of aromatic nitrogens is 2. The van der Waals surface area contributed by atoms with Crippen LogP contribution in [0.2, 0.25) is 0 Å². The van der Waals surface area contributed by atoms with Gasteiger partial charge in [0.25, 0.3) is 0 Å². The Kier molecular flexibility index (Phi) is 7.33. The molecule has 0 saturated heterocycles. The number of carbonyl (C=O) groups is 1. The van der Waals surface area contributed by atoms with Gasteiger partial charge >= 0.3 is 0 Å². The Labute approximate surface area is 173 Å². The molecule has 144 valence electrons. The van der Waals surface area contributed by atoms with Crippen LogP contribution in [-0.4, -0.2) is 28.7 Å². The number of nitrogens with zero attached hydrogens (tertiary/aromatic N) is 2. The molecule has 3 aromatic rings. The predicted molar refractivity (Wildman–Crippen MR) is 113 cm³/mol. The normalized spacial score (nSPS) is 10.5. The molecular weight excluding hydrogens is 390 g/mol. The Morgan fingerprint density at radius 2 is 1.68 bits per heavy atom. The molecule has 28 heavy (non-hydrogen) atoms. The van der Waals surface area contributed by atoms with Gasteiger partial charge in [0.1, 0.15) is 15.8 Å². The maximum absolute atomic E-state index is 12.2.